The number of rotatable bonds is 10. The van der Waals surface area contributed by atoms with Gasteiger partial charge in [0.1, 0.15) is 17.8 Å². The van der Waals surface area contributed by atoms with E-state index in [4.69, 9.17) is 27.5 Å². The molecule has 218 valence electrons. The van der Waals surface area contributed by atoms with Crippen molar-refractivity contribution >= 4 is 43.0 Å². The molecule has 0 spiro atoms. The topological polar surface area (TPSA) is 89.5 Å². The van der Waals surface area contributed by atoms with Crippen LogP contribution in [-0.4, -0.2) is 51.1 Å². The molecule has 8 nitrogen and oxygen atoms in total. The van der Waals surface area contributed by atoms with Crippen LogP contribution in [0.2, 0.25) is 58.9 Å². The summed E-state index contributed by atoms with van der Waals surface area (Å²) in [7, 11) is -3.02. The molecule has 0 saturated carbocycles. The Morgan fingerprint density at radius 2 is 1.40 bits per heavy atom. The number of ether oxygens (including phenoxy) is 3. The maximum absolute atomic E-state index is 13.7. The van der Waals surface area contributed by atoms with E-state index in [0.29, 0.717) is 34.1 Å². The maximum atomic E-state index is 13.7. The fourth-order valence-corrected chi connectivity index (χ4v) is 6.49. The summed E-state index contributed by atoms with van der Waals surface area (Å²) in [5, 5.41) is 0. The Hall–Kier alpha value is -3.03. The van der Waals surface area contributed by atoms with E-state index in [2.05, 4.69) is 19.6 Å². The second-order valence-corrected chi connectivity index (χ2v) is 26.0. The average molecular weight is 603 g/mol. The van der Waals surface area contributed by atoms with Crippen molar-refractivity contribution in [3.63, 3.8) is 0 Å². The molecule has 40 heavy (non-hydrogen) atoms. The van der Waals surface area contributed by atoms with Gasteiger partial charge < -0.3 is 27.5 Å². The molecule has 2 unspecified atom stereocenters. The van der Waals surface area contributed by atoms with Gasteiger partial charge in [-0.25, -0.2) is 4.79 Å². The molecule has 2 atom stereocenters. The first-order chi connectivity index (χ1) is 18.4. The van der Waals surface area contributed by atoms with Crippen LogP contribution in [-0.2, 0) is 18.4 Å². The van der Waals surface area contributed by atoms with E-state index in [9.17, 15) is 9.59 Å². The highest BCUT2D eigenvalue weighted by atomic mass is 28.4. The van der Waals surface area contributed by atoms with Gasteiger partial charge in [0, 0.05) is 11.6 Å². The van der Waals surface area contributed by atoms with E-state index in [-0.39, 0.29) is 5.97 Å². The highest BCUT2D eigenvalue weighted by Gasteiger charge is 2.45. The highest BCUT2D eigenvalue weighted by Crippen LogP contribution is 2.52. The molecule has 2 aromatic rings. The van der Waals surface area contributed by atoms with Crippen molar-refractivity contribution in [2.24, 2.45) is 0 Å². The van der Waals surface area contributed by atoms with Crippen LogP contribution < -0.4 is 18.6 Å². The Morgan fingerprint density at radius 1 is 0.775 bits per heavy atom. The lowest BCUT2D eigenvalue weighted by molar-refractivity contribution is -0.138. The Balaban J connectivity index is 2.09. The van der Waals surface area contributed by atoms with Crippen molar-refractivity contribution in [3.05, 3.63) is 53.1 Å². The number of methoxy groups -OCH3 is 2. The SMILES string of the molecule is COc1cc(C2Oc3c(OC)cc(/C=C/C(=O)O[Si](C)(C)C)cc3C2C(=O)O[Si](C)(C)C)ccc1O[Si](C)(C)C. The zero-order valence-corrected chi connectivity index (χ0v) is 28.5. The third-order valence-corrected chi connectivity index (χ3v) is 8.08. The number of benzene rings is 2. The molecule has 1 heterocycles. The monoisotopic (exact) mass is 602 g/mol. The van der Waals surface area contributed by atoms with Gasteiger partial charge >= 0.3 is 11.9 Å². The summed E-state index contributed by atoms with van der Waals surface area (Å²) in [5.41, 5.74) is 2.05. The fourth-order valence-electron chi connectivity index (χ4n) is 4.26. The molecule has 0 radical (unpaired) electrons. The Bertz CT molecular complexity index is 1290. The van der Waals surface area contributed by atoms with Crippen LogP contribution in [0.4, 0.5) is 0 Å². The zero-order valence-electron chi connectivity index (χ0n) is 25.5. The lowest BCUT2D eigenvalue weighted by Crippen LogP contribution is -2.33. The predicted molar refractivity (Wildman–Crippen MR) is 164 cm³/mol. The number of carbonyl (C=O) groups is 2. The summed E-state index contributed by atoms with van der Waals surface area (Å²) in [5.74, 6) is 0.598. The van der Waals surface area contributed by atoms with Crippen molar-refractivity contribution in [1.82, 2.24) is 0 Å². The van der Waals surface area contributed by atoms with Gasteiger partial charge in [0.05, 0.1) is 14.2 Å². The Kier molecular flexibility index (Phi) is 9.32. The van der Waals surface area contributed by atoms with Crippen LogP contribution >= 0.6 is 0 Å². The van der Waals surface area contributed by atoms with Crippen LogP contribution in [0.25, 0.3) is 6.08 Å². The normalized spacial score (nSPS) is 17.2. The van der Waals surface area contributed by atoms with Gasteiger partial charge in [0.2, 0.25) is 25.0 Å². The van der Waals surface area contributed by atoms with Crippen LogP contribution in [0, 0.1) is 0 Å². The van der Waals surface area contributed by atoms with Gasteiger partial charge in [-0.3, -0.25) is 4.79 Å². The fraction of sp³-hybridized carbons (Fsp3) is 0.448. The minimum Gasteiger partial charge on any atom is -0.542 e. The summed E-state index contributed by atoms with van der Waals surface area (Å²) in [6, 6.07) is 9.21. The van der Waals surface area contributed by atoms with Gasteiger partial charge in [-0.2, -0.15) is 0 Å². The smallest absolute Gasteiger partial charge is 0.317 e. The molecule has 0 bridgehead atoms. The van der Waals surface area contributed by atoms with Crippen molar-refractivity contribution < 1.29 is 37.1 Å². The molecule has 0 fully saturated rings. The van der Waals surface area contributed by atoms with Gasteiger partial charge in [0.25, 0.3) is 0 Å². The lowest BCUT2D eigenvalue weighted by atomic mass is 9.90. The summed E-state index contributed by atoms with van der Waals surface area (Å²) < 4.78 is 35.5. The van der Waals surface area contributed by atoms with Crippen molar-refractivity contribution in [2.75, 3.05) is 14.2 Å². The maximum Gasteiger partial charge on any atom is 0.317 e. The molecule has 11 heteroatoms. The number of hydrogen-bond donors (Lipinski definition) is 0. The summed E-state index contributed by atoms with van der Waals surface area (Å²) >= 11 is 0. The van der Waals surface area contributed by atoms with E-state index < -0.39 is 42.9 Å². The molecule has 1 aliphatic heterocycles. The van der Waals surface area contributed by atoms with E-state index in [1.54, 1.807) is 26.4 Å². The molecular weight excluding hydrogens is 561 g/mol. The molecule has 0 aliphatic carbocycles. The minimum absolute atomic E-state index is 0.370. The molecule has 0 saturated heterocycles. The number of carbonyl (C=O) groups excluding carboxylic acids is 2. The third-order valence-electron chi connectivity index (χ3n) is 5.62. The first-order valence-electron chi connectivity index (χ1n) is 13.3. The molecule has 0 N–H and O–H groups in total. The second kappa shape index (κ2) is 11.8. The molecule has 1 aliphatic rings. The van der Waals surface area contributed by atoms with Crippen LogP contribution in [0.15, 0.2) is 36.4 Å². The van der Waals surface area contributed by atoms with Gasteiger partial charge in [0.15, 0.2) is 17.2 Å². The summed E-state index contributed by atoms with van der Waals surface area (Å²) in [6.45, 7) is 18.0. The zero-order chi connectivity index (χ0) is 30.0. The highest BCUT2D eigenvalue weighted by molar-refractivity contribution is 6.71. The van der Waals surface area contributed by atoms with Crippen LogP contribution in [0.3, 0.4) is 0 Å². The van der Waals surface area contributed by atoms with Crippen molar-refractivity contribution in [3.8, 4) is 23.0 Å². The molecule has 0 aromatic heterocycles. The first kappa shape index (κ1) is 31.5. The Morgan fingerprint density at radius 3 is 1.95 bits per heavy atom. The van der Waals surface area contributed by atoms with Crippen molar-refractivity contribution in [1.29, 1.82) is 0 Å². The van der Waals surface area contributed by atoms with E-state index >= 15 is 0 Å². The van der Waals surface area contributed by atoms with Crippen molar-refractivity contribution in [2.45, 2.75) is 70.9 Å². The lowest BCUT2D eigenvalue weighted by Gasteiger charge is -2.25. The molecular formula is C29H42O8Si3. The largest absolute Gasteiger partial charge is 0.542 e. The van der Waals surface area contributed by atoms with E-state index in [1.165, 1.54) is 6.08 Å². The van der Waals surface area contributed by atoms with Gasteiger partial charge in [-0.1, -0.05) is 6.07 Å². The number of fused-ring (bicyclic) bond motifs is 1. The van der Waals surface area contributed by atoms with E-state index in [1.807, 2.05) is 63.5 Å². The van der Waals surface area contributed by atoms with Crippen LogP contribution in [0.1, 0.15) is 28.7 Å². The van der Waals surface area contributed by atoms with E-state index in [0.717, 1.165) is 5.56 Å². The van der Waals surface area contributed by atoms with Crippen LogP contribution in [0.5, 0.6) is 23.0 Å². The quantitative estimate of drug-likeness (QED) is 0.214. The Labute approximate surface area is 241 Å². The standard InChI is InChI=1S/C29H42O8Si3/c1-32-23-18-20(13-14-22(23)35-38(3,4)5)27-26(29(31)37-40(9,10)11)21-16-19(17-24(33-2)28(21)34-27)12-15-25(30)36-39(6,7)8/h12-18,26-27H,1-11H3/b15-12+. The third kappa shape index (κ3) is 8.24. The summed E-state index contributed by atoms with van der Waals surface area (Å²) in [6.07, 6.45) is 2.37. The second-order valence-electron chi connectivity index (χ2n) is 12.7. The molecule has 2 aromatic carbocycles. The predicted octanol–water partition coefficient (Wildman–Crippen LogP) is 6.90. The summed E-state index contributed by atoms with van der Waals surface area (Å²) in [4.78, 5) is 26.0. The average Bonchev–Trinajstić information content (AvgIpc) is 3.19. The molecule has 0 amide bonds. The van der Waals surface area contributed by atoms with Gasteiger partial charge in [-0.15, -0.1) is 0 Å². The minimum atomic E-state index is -2.23. The first-order valence-corrected chi connectivity index (χ1v) is 23.5. The molecule has 3 rings (SSSR count). The number of hydrogen-bond acceptors (Lipinski definition) is 8. The van der Waals surface area contributed by atoms with Gasteiger partial charge in [-0.05, 0) is 100 Å².